The first-order chi connectivity index (χ1) is 12.3. The second-order valence-corrected chi connectivity index (χ2v) is 6.61. The Morgan fingerprint density at radius 1 is 1.27 bits per heavy atom. The van der Waals surface area contributed by atoms with Gasteiger partial charge in [-0.3, -0.25) is 0 Å². The zero-order valence-corrected chi connectivity index (χ0v) is 15.3. The highest BCUT2D eigenvalue weighted by atomic mass is 32.1. The molecule has 26 heavy (non-hydrogen) atoms. The highest BCUT2D eigenvalue weighted by molar-refractivity contribution is 7.10. The van der Waals surface area contributed by atoms with Crippen LogP contribution in [0.15, 0.2) is 29.6 Å². The number of carbonyl (C=O) groups is 2. The molecule has 2 aromatic rings. The Labute approximate surface area is 153 Å². The summed E-state index contributed by atoms with van der Waals surface area (Å²) in [7, 11) is 4.84. The second-order valence-electron chi connectivity index (χ2n) is 5.63. The highest BCUT2D eigenvalue weighted by Gasteiger charge is 2.19. The van der Waals surface area contributed by atoms with E-state index < -0.39 is 29.2 Å². The molecule has 0 radical (unpaired) electrons. The number of esters is 1. The molecule has 0 unspecified atom stereocenters. The van der Waals surface area contributed by atoms with Crippen LogP contribution in [0.1, 0.15) is 21.3 Å². The van der Waals surface area contributed by atoms with Crippen LogP contribution in [-0.4, -0.2) is 44.7 Å². The number of methoxy groups -OCH3 is 1. The van der Waals surface area contributed by atoms with E-state index >= 15 is 0 Å². The number of amides is 2. The Morgan fingerprint density at radius 3 is 2.58 bits per heavy atom. The van der Waals surface area contributed by atoms with Gasteiger partial charge in [-0.05, 0) is 31.6 Å². The zero-order chi connectivity index (χ0) is 19.3. The smallest absolute Gasteiger partial charge is 0.340 e. The minimum absolute atomic E-state index is 0.0514. The lowest BCUT2D eigenvalue weighted by Gasteiger charge is -2.23. The molecule has 0 saturated carbocycles. The predicted octanol–water partition coefficient (Wildman–Crippen LogP) is 3.24. The first-order valence-electron chi connectivity index (χ1n) is 7.65. The minimum Gasteiger partial charge on any atom is -0.465 e. The van der Waals surface area contributed by atoms with Crippen molar-refractivity contribution in [2.24, 2.45) is 0 Å². The van der Waals surface area contributed by atoms with Gasteiger partial charge in [0.05, 0.1) is 24.4 Å². The lowest BCUT2D eigenvalue weighted by atomic mass is 10.2. The summed E-state index contributed by atoms with van der Waals surface area (Å²) in [5, 5.41) is 6.86. The molecule has 1 heterocycles. The number of nitrogens with zero attached hydrogens (tertiary/aromatic N) is 1. The van der Waals surface area contributed by atoms with E-state index in [0.717, 1.165) is 18.1 Å². The average Bonchev–Trinajstić information content (AvgIpc) is 3.10. The molecule has 1 aromatic carbocycles. The summed E-state index contributed by atoms with van der Waals surface area (Å²) in [5.74, 6) is -3.02. The minimum atomic E-state index is -1.06. The number of rotatable bonds is 6. The molecule has 2 rings (SSSR count). The number of benzene rings is 1. The van der Waals surface area contributed by atoms with Gasteiger partial charge in [0.2, 0.25) is 0 Å². The number of nitrogens with one attached hydrogen (secondary N) is 2. The van der Waals surface area contributed by atoms with Gasteiger partial charge in [-0.1, -0.05) is 6.07 Å². The van der Waals surface area contributed by atoms with E-state index in [9.17, 15) is 18.4 Å². The van der Waals surface area contributed by atoms with Crippen molar-refractivity contribution in [3.8, 4) is 0 Å². The summed E-state index contributed by atoms with van der Waals surface area (Å²) < 4.78 is 31.9. The van der Waals surface area contributed by atoms with Crippen molar-refractivity contribution in [3.63, 3.8) is 0 Å². The van der Waals surface area contributed by atoms with Gasteiger partial charge < -0.3 is 20.3 Å². The fraction of sp³-hybridized carbons (Fsp3) is 0.294. The van der Waals surface area contributed by atoms with Crippen molar-refractivity contribution in [3.05, 3.63) is 51.7 Å². The topological polar surface area (TPSA) is 70.7 Å². The number of likely N-dealkylation sites (N-methyl/N-ethyl adjacent to an activating group) is 1. The molecule has 2 N–H and O–H groups in total. The number of ether oxygens (including phenoxy) is 1. The van der Waals surface area contributed by atoms with Crippen LogP contribution in [-0.2, 0) is 4.74 Å². The third-order valence-corrected chi connectivity index (χ3v) is 4.63. The molecule has 0 bridgehead atoms. The normalized spacial score (nSPS) is 11.9. The summed E-state index contributed by atoms with van der Waals surface area (Å²) >= 11 is 1.56. The van der Waals surface area contributed by atoms with Gasteiger partial charge in [-0.15, -0.1) is 11.3 Å². The summed E-state index contributed by atoms with van der Waals surface area (Å²) in [6.07, 6.45) is 0. The maximum atomic E-state index is 13.9. The Hall–Kier alpha value is -2.52. The zero-order valence-electron chi connectivity index (χ0n) is 14.5. The van der Waals surface area contributed by atoms with Gasteiger partial charge in [0.25, 0.3) is 0 Å². The Kier molecular flexibility index (Phi) is 6.64. The molecule has 0 saturated heterocycles. The average molecular weight is 383 g/mol. The number of urea groups is 1. The van der Waals surface area contributed by atoms with E-state index in [1.165, 1.54) is 0 Å². The number of thiophene rings is 1. The summed E-state index contributed by atoms with van der Waals surface area (Å²) in [6, 6.07) is 4.57. The quantitative estimate of drug-likeness (QED) is 0.752. The van der Waals surface area contributed by atoms with Gasteiger partial charge in [0, 0.05) is 17.5 Å². The van der Waals surface area contributed by atoms with Crippen LogP contribution in [0.4, 0.5) is 19.3 Å². The monoisotopic (exact) mass is 383 g/mol. The molecule has 0 spiro atoms. The van der Waals surface area contributed by atoms with E-state index in [-0.39, 0.29) is 18.3 Å². The number of anilines is 1. The van der Waals surface area contributed by atoms with Crippen LogP contribution in [0.2, 0.25) is 0 Å². The van der Waals surface area contributed by atoms with E-state index in [1.807, 2.05) is 36.5 Å². The molecule has 1 atom stereocenters. The molecule has 9 heteroatoms. The second kappa shape index (κ2) is 8.72. The number of halogens is 2. The van der Waals surface area contributed by atoms with Gasteiger partial charge in [0.15, 0.2) is 0 Å². The molecule has 1 aromatic heterocycles. The highest BCUT2D eigenvalue weighted by Crippen LogP contribution is 2.23. The number of carbonyl (C=O) groups excluding carboxylic acids is 2. The van der Waals surface area contributed by atoms with Gasteiger partial charge in [-0.25, -0.2) is 18.4 Å². The molecule has 2 amide bonds. The molecular weight excluding hydrogens is 364 g/mol. The number of hydrogen-bond donors (Lipinski definition) is 2. The molecule has 0 aliphatic heterocycles. The van der Waals surface area contributed by atoms with Gasteiger partial charge >= 0.3 is 12.0 Å². The SMILES string of the molecule is COC(=O)c1cc(NC(=O)NC[C@H](c2cccs2)N(C)C)c(F)cc1F. The van der Waals surface area contributed by atoms with Crippen LogP contribution in [0.3, 0.4) is 0 Å². The van der Waals surface area contributed by atoms with E-state index in [2.05, 4.69) is 15.4 Å². The van der Waals surface area contributed by atoms with Crippen molar-refractivity contribution < 1.29 is 23.1 Å². The lowest BCUT2D eigenvalue weighted by Crippen LogP contribution is -2.36. The van der Waals surface area contributed by atoms with Crippen molar-refractivity contribution in [1.29, 1.82) is 0 Å². The summed E-state index contributed by atoms with van der Waals surface area (Å²) in [6.45, 7) is 0.284. The van der Waals surface area contributed by atoms with Gasteiger partial charge in [-0.2, -0.15) is 0 Å². The first-order valence-corrected chi connectivity index (χ1v) is 8.53. The third-order valence-electron chi connectivity index (χ3n) is 3.66. The standard InChI is InChI=1S/C17H19F2N3O3S/c1-22(2)14(15-5-4-6-26-15)9-20-17(24)21-13-7-10(16(23)25-3)11(18)8-12(13)19/h4-8,14H,9H2,1-3H3,(H2,20,21,24)/t14-/m1/s1. The lowest BCUT2D eigenvalue weighted by molar-refractivity contribution is 0.0595. The van der Waals surface area contributed by atoms with Crippen LogP contribution in [0.25, 0.3) is 0 Å². The van der Waals surface area contributed by atoms with Crippen LogP contribution in [0.5, 0.6) is 0 Å². The molecule has 0 fully saturated rings. The fourth-order valence-electron chi connectivity index (χ4n) is 2.29. The number of hydrogen-bond acceptors (Lipinski definition) is 5. The molecule has 6 nitrogen and oxygen atoms in total. The van der Waals surface area contributed by atoms with Crippen molar-refractivity contribution in [2.75, 3.05) is 33.1 Å². The third kappa shape index (κ3) is 4.77. The first kappa shape index (κ1) is 19.8. The van der Waals surface area contributed by atoms with Gasteiger partial charge in [0.1, 0.15) is 11.6 Å². The van der Waals surface area contributed by atoms with Crippen LogP contribution in [0, 0.1) is 11.6 Å². The van der Waals surface area contributed by atoms with Crippen LogP contribution >= 0.6 is 11.3 Å². The Balaban J connectivity index is 2.06. The van der Waals surface area contributed by atoms with E-state index in [0.29, 0.717) is 6.07 Å². The van der Waals surface area contributed by atoms with Crippen molar-refractivity contribution >= 4 is 29.0 Å². The molecular formula is C17H19F2N3O3S. The maximum absolute atomic E-state index is 13.9. The predicted molar refractivity (Wildman–Crippen MR) is 95.5 cm³/mol. The Bertz CT molecular complexity index is 782. The molecule has 0 aliphatic carbocycles. The van der Waals surface area contributed by atoms with E-state index in [4.69, 9.17) is 0 Å². The summed E-state index contributed by atoms with van der Waals surface area (Å²) in [4.78, 5) is 26.6. The maximum Gasteiger partial charge on any atom is 0.340 e. The summed E-state index contributed by atoms with van der Waals surface area (Å²) in [5.41, 5.74) is -0.782. The fourth-order valence-corrected chi connectivity index (χ4v) is 3.21. The largest absolute Gasteiger partial charge is 0.465 e. The van der Waals surface area contributed by atoms with Crippen molar-refractivity contribution in [2.45, 2.75) is 6.04 Å². The van der Waals surface area contributed by atoms with E-state index in [1.54, 1.807) is 11.3 Å². The molecule has 140 valence electrons. The van der Waals surface area contributed by atoms with Crippen LogP contribution < -0.4 is 10.6 Å². The Morgan fingerprint density at radius 2 is 2.00 bits per heavy atom. The van der Waals surface area contributed by atoms with Crippen molar-refractivity contribution in [1.82, 2.24) is 10.2 Å². The molecule has 0 aliphatic rings.